The third-order valence-electron chi connectivity index (χ3n) is 2.92. The minimum absolute atomic E-state index is 0.0888. The number of carbonyl (C=O) groups is 1. The van der Waals surface area contributed by atoms with Gasteiger partial charge >= 0.3 is 13.7 Å². The predicted molar refractivity (Wildman–Crippen MR) is 99.1 cm³/mol. The maximum absolute atomic E-state index is 13.4. The molecule has 0 saturated heterocycles. The molecule has 1 rings (SSSR count). The molecule has 0 aliphatic heterocycles. The molecule has 2 N–H and O–H groups in total. The van der Waals surface area contributed by atoms with Gasteiger partial charge in [-0.1, -0.05) is 57.0 Å². The molecule has 1 atom stereocenters. The van der Waals surface area contributed by atoms with E-state index in [-0.39, 0.29) is 35.6 Å². The van der Waals surface area contributed by atoms with E-state index in [1.165, 1.54) is 18.2 Å². The molecule has 0 unspecified atom stereocenters. The van der Waals surface area contributed by atoms with E-state index in [0.29, 0.717) is 5.02 Å². The van der Waals surface area contributed by atoms with Crippen molar-refractivity contribution in [1.29, 1.82) is 0 Å². The molecule has 1 amide bonds. The van der Waals surface area contributed by atoms with Crippen LogP contribution in [0.1, 0.15) is 39.1 Å². The number of hydrogen-bond acceptors (Lipinski definition) is 5. The first-order chi connectivity index (χ1) is 11.5. The van der Waals surface area contributed by atoms with Crippen LogP contribution in [0.3, 0.4) is 0 Å². The highest BCUT2D eigenvalue weighted by Crippen LogP contribution is 2.62. The summed E-state index contributed by atoms with van der Waals surface area (Å²) in [5, 5.41) is 0.549. The Kier molecular flexibility index (Phi) is 8.72. The molecule has 0 radical (unpaired) electrons. The van der Waals surface area contributed by atoms with Crippen molar-refractivity contribution in [3.8, 4) is 0 Å². The number of benzene rings is 1. The van der Waals surface area contributed by atoms with E-state index in [4.69, 9.17) is 42.7 Å². The van der Waals surface area contributed by atoms with E-state index in [0.717, 1.165) is 0 Å². The van der Waals surface area contributed by atoms with Gasteiger partial charge in [-0.2, -0.15) is 0 Å². The van der Waals surface area contributed by atoms with Crippen LogP contribution >= 0.6 is 30.8 Å². The zero-order chi connectivity index (χ0) is 19.2. The number of rotatable bonds is 9. The highest BCUT2D eigenvalue weighted by atomic mass is 35.5. The van der Waals surface area contributed by atoms with Gasteiger partial charge in [0.25, 0.3) is 0 Å². The topological polar surface area (TPSA) is 87.8 Å². The Bertz CT molecular complexity index is 623. The van der Waals surface area contributed by atoms with E-state index in [2.05, 4.69) is 0 Å². The fraction of sp³-hybridized carbons (Fsp3) is 0.562. The summed E-state index contributed by atoms with van der Waals surface area (Å²) in [5.41, 5.74) is 5.41. The molecule has 142 valence electrons. The molecule has 0 fully saturated rings. The Morgan fingerprint density at radius 2 is 1.64 bits per heavy atom. The Hall–Kier alpha value is -0.780. The molecule has 0 spiro atoms. The number of carbonyl (C=O) groups excluding carboxylic acids is 1. The summed E-state index contributed by atoms with van der Waals surface area (Å²) in [4.78, 5) is 11.4. The quantitative estimate of drug-likeness (QED) is 0.532. The van der Waals surface area contributed by atoms with Crippen molar-refractivity contribution >= 4 is 36.9 Å². The molecule has 9 heteroatoms. The van der Waals surface area contributed by atoms with Crippen molar-refractivity contribution in [1.82, 2.24) is 0 Å². The molecule has 25 heavy (non-hydrogen) atoms. The van der Waals surface area contributed by atoms with E-state index in [1.807, 2.05) is 27.7 Å². The minimum atomic E-state index is -3.91. The molecule has 0 aromatic heterocycles. The Labute approximate surface area is 158 Å². The standard InChI is InChI=1S/C16H24Cl2NO5P/c1-10(2)8-22-25(21,23-9-11(3)4)15(24-16(19)20)13-6-5-12(17)7-14(13)18/h5-7,10-11,15H,8-9H2,1-4H3,(H2,19,20)/t15-/m1/s1. The molecule has 0 heterocycles. The zero-order valence-corrected chi connectivity index (χ0v) is 17.1. The maximum Gasteiger partial charge on any atom is 0.405 e. The first-order valence-corrected chi connectivity index (χ1v) is 10.2. The molecule has 1 aromatic carbocycles. The number of halogens is 2. The maximum atomic E-state index is 13.4. The van der Waals surface area contributed by atoms with Crippen molar-refractivity contribution in [2.24, 2.45) is 17.6 Å². The lowest BCUT2D eigenvalue weighted by Crippen LogP contribution is -2.21. The smallest absolute Gasteiger partial charge is 0.405 e. The number of nitrogens with two attached hydrogens (primary N) is 1. The van der Waals surface area contributed by atoms with E-state index in [9.17, 15) is 9.36 Å². The van der Waals surface area contributed by atoms with Crippen LogP contribution in [0, 0.1) is 11.8 Å². The largest absolute Gasteiger partial charge is 0.428 e. The van der Waals surface area contributed by atoms with E-state index >= 15 is 0 Å². The van der Waals surface area contributed by atoms with Crippen LogP contribution in [0.2, 0.25) is 10.0 Å². The summed E-state index contributed by atoms with van der Waals surface area (Å²) in [6.45, 7) is 7.88. The van der Waals surface area contributed by atoms with Gasteiger partial charge in [-0.25, -0.2) is 4.79 Å². The average molecular weight is 412 g/mol. The third-order valence-corrected chi connectivity index (χ3v) is 5.46. The van der Waals surface area contributed by atoms with Crippen molar-refractivity contribution in [3.05, 3.63) is 33.8 Å². The van der Waals surface area contributed by atoms with Crippen LogP contribution in [-0.2, 0) is 18.3 Å². The van der Waals surface area contributed by atoms with Gasteiger partial charge < -0.3 is 19.5 Å². The summed E-state index contributed by atoms with van der Waals surface area (Å²) in [6, 6.07) is 4.49. The second-order valence-electron chi connectivity index (χ2n) is 6.37. The second kappa shape index (κ2) is 9.79. The van der Waals surface area contributed by atoms with Crippen LogP contribution in [0.5, 0.6) is 0 Å². The molecule has 0 bridgehead atoms. The van der Waals surface area contributed by atoms with Gasteiger partial charge in [0.2, 0.25) is 5.85 Å². The molecule has 0 saturated carbocycles. The van der Waals surface area contributed by atoms with Crippen LogP contribution in [0.4, 0.5) is 4.79 Å². The number of primary amides is 1. The monoisotopic (exact) mass is 411 g/mol. The summed E-state index contributed by atoms with van der Waals surface area (Å²) in [5.74, 6) is -1.20. The van der Waals surface area contributed by atoms with Crippen LogP contribution in [-0.4, -0.2) is 19.3 Å². The first kappa shape index (κ1) is 22.3. The summed E-state index contributed by atoms with van der Waals surface area (Å²) >= 11 is 12.1. The van der Waals surface area contributed by atoms with Gasteiger partial charge in [0, 0.05) is 15.6 Å². The van der Waals surface area contributed by atoms with Gasteiger partial charge in [-0.3, -0.25) is 4.57 Å². The van der Waals surface area contributed by atoms with Gasteiger partial charge in [-0.05, 0) is 24.0 Å². The predicted octanol–water partition coefficient (Wildman–Crippen LogP) is 5.63. The van der Waals surface area contributed by atoms with Gasteiger partial charge in [0.15, 0.2) is 0 Å². The lowest BCUT2D eigenvalue weighted by molar-refractivity contribution is 0.0980. The molecule has 1 aromatic rings. The van der Waals surface area contributed by atoms with Crippen LogP contribution in [0.15, 0.2) is 18.2 Å². The fourth-order valence-corrected chi connectivity index (χ4v) is 4.53. The molecular formula is C16H24Cl2NO5P. The first-order valence-electron chi connectivity index (χ1n) is 7.85. The van der Waals surface area contributed by atoms with Crippen LogP contribution in [0.25, 0.3) is 0 Å². The average Bonchev–Trinajstić information content (AvgIpc) is 2.49. The van der Waals surface area contributed by atoms with Gasteiger partial charge in [0.05, 0.1) is 13.2 Å². The minimum Gasteiger partial charge on any atom is -0.428 e. The highest BCUT2D eigenvalue weighted by molar-refractivity contribution is 7.54. The summed E-state index contributed by atoms with van der Waals surface area (Å²) in [6.07, 6.45) is -1.11. The Morgan fingerprint density at radius 3 is 2.04 bits per heavy atom. The van der Waals surface area contributed by atoms with Crippen molar-refractivity contribution in [3.63, 3.8) is 0 Å². The molecular weight excluding hydrogens is 388 g/mol. The van der Waals surface area contributed by atoms with Crippen molar-refractivity contribution < 1.29 is 23.1 Å². The summed E-state index contributed by atoms with van der Waals surface area (Å²) in [7, 11) is -3.91. The lowest BCUT2D eigenvalue weighted by atomic mass is 10.2. The van der Waals surface area contributed by atoms with Crippen LogP contribution < -0.4 is 5.73 Å². The third kappa shape index (κ3) is 7.16. The molecule has 0 aliphatic carbocycles. The Morgan fingerprint density at radius 1 is 1.12 bits per heavy atom. The molecule has 6 nitrogen and oxygen atoms in total. The highest BCUT2D eigenvalue weighted by Gasteiger charge is 2.42. The van der Waals surface area contributed by atoms with E-state index in [1.54, 1.807) is 0 Å². The number of hydrogen-bond donors (Lipinski definition) is 1. The second-order valence-corrected chi connectivity index (χ2v) is 9.28. The van der Waals surface area contributed by atoms with Gasteiger partial charge in [0.1, 0.15) is 0 Å². The normalized spacial score (nSPS) is 13.3. The molecule has 0 aliphatic rings. The van der Waals surface area contributed by atoms with Crippen molar-refractivity contribution in [2.75, 3.05) is 13.2 Å². The zero-order valence-electron chi connectivity index (χ0n) is 14.7. The van der Waals surface area contributed by atoms with E-state index < -0.39 is 19.5 Å². The SMILES string of the molecule is CC(C)COP(=O)(OCC(C)C)[C@@H](OC(N)=O)c1ccc(Cl)cc1Cl. The summed E-state index contributed by atoms with van der Waals surface area (Å²) < 4.78 is 29.6. The van der Waals surface area contributed by atoms with Gasteiger partial charge in [-0.15, -0.1) is 0 Å². The number of amides is 1. The van der Waals surface area contributed by atoms with Crippen molar-refractivity contribution in [2.45, 2.75) is 33.5 Å². The lowest BCUT2D eigenvalue weighted by Gasteiger charge is -2.28. The fourth-order valence-electron chi connectivity index (χ4n) is 1.79. The number of ether oxygens (including phenoxy) is 1. The Balaban J connectivity index is 3.31.